The summed E-state index contributed by atoms with van der Waals surface area (Å²) in [6.07, 6.45) is 2.68. The Labute approximate surface area is 199 Å². The zero-order valence-corrected chi connectivity index (χ0v) is 18.9. The number of non-ortho nitro benzene ring substituents is 1. The van der Waals surface area contributed by atoms with Crippen LogP contribution in [0.5, 0.6) is 0 Å². The molecule has 3 amide bonds. The predicted octanol–water partition coefficient (Wildman–Crippen LogP) is 3.83. The number of benzene rings is 2. The molecule has 1 aliphatic carbocycles. The lowest BCUT2D eigenvalue weighted by Crippen LogP contribution is -2.52. The molecule has 10 heteroatoms. The van der Waals surface area contributed by atoms with Gasteiger partial charge in [-0.3, -0.25) is 29.3 Å². The summed E-state index contributed by atoms with van der Waals surface area (Å²) in [4.78, 5) is 63.2. The molecule has 174 valence electrons. The number of ketones is 1. The third-order valence-electron chi connectivity index (χ3n) is 6.06. The van der Waals surface area contributed by atoms with Gasteiger partial charge in [-0.1, -0.05) is 23.3 Å². The Balaban J connectivity index is 1.69. The van der Waals surface area contributed by atoms with Gasteiger partial charge in [0.1, 0.15) is 6.54 Å². The summed E-state index contributed by atoms with van der Waals surface area (Å²) >= 11 is 5.88. The number of imide groups is 1. The summed E-state index contributed by atoms with van der Waals surface area (Å²) in [5.74, 6) is -3.58. The number of amides is 3. The number of fused-ring (bicyclic) bond motifs is 1. The second-order valence-electron chi connectivity index (χ2n) is 8.29. The number of halogens is 1. The van der Waals surface area contributed by atoms with Crippen LogP contribution in [0.4, 0.5) is 5.69 Å². The van der Waals surface area contributed by atoms with Crippen molar-refractivity contribution in [2.45, 2.75) is 19.8 Å². The third kappa shape index (κ3) is 4.34. The molecule has 0 saturated carbocycles. The minimum absolute atomic E-state index is 0.000663. The fourth-order valence-electron chi connectivity index (χ4n) is 4.23. The second kappa shape index (κ2) is 9.18. The summed E-state index contributed by atoms with van der Waals surface area (Å²) in [7, 11) is 0. The van der Waals surface area contributed by atoms with E-state index < -0.39 is 46.8 Å². The topological polar surface area (TPSA) is 118 Å². The van der Waals surface area contributed by atoms with Crippen molar-refractivity contribution in [2.24, 2.45) is 11.8 Å². The first-order chi connectivity index (χ1) is 16.2. The number of hydrogen-bond donors (Lipinski definition) is 0. The summed E-state index contributed by atoms with van der Waals surface area (Å²) in [5.41, 5.74) is 1.01. The minimum Gasteiger partial charge on any atom is -0.292 e. The Kier molecular flexibility index (Phi) is 6.30. The van der Waals surface area contributed by atoms with Crippen molar-refractivity contribution in [1.29, 1.82) is 0 Å². The van der Waals surface area contributed by atoms with Crippen LogP contribution in [0.3, 0.4) is 0 Å². The Bertz CT molecular complexity index is 1220. The molecule has 1 heterocycles. The molecule has 0 aromatic heterocycles. The highest BCUT2D eigenvalue weighted by Crippen LogP contribution is 2.38. The smallest absolute Gasteiger partial charge is 0.273 e. The van der Waals surface area contributed by atoms with Gasteiger partial charge in [-0.25, -0.2) is 5.01 Å². The molecule has 2 aliphatic rings. The summed E-state index contributed by atoms with van der Waals surface area (Å²) in [6.45, 7) is 1.31. The van der Waals surface area contributed by atoms with Crippen LogP contribution < -0.4 is 0 Å². The standard InChI is InChI=1S/C24H20ClN3O6/c1-14-2-11-19-20(12-14)24(32)27(23(19)31)26(13-21(29)15-3-7-17(25)8-4-15)22(30)16-5-9-18(10-6-16)28(33)34/h2-10,19-20H,11-13H2,1H3/t19-,20+/m0/s1. The summed E-state index contributed by atoms with van der Waals surface area (Å²) < 4.78 is 0. The van der Waals surface area contributed by atoms with Crippen molar-refractivity contribution in [1.82, 2.24) is 10.0 Å². The zero-order chi connectivity index (χ0) is 24.6. The SMILES string of the molecule is CC1=CC[C@@H]2C(=O)N(N(CC(=O)c3ccc(Cl)cc3)C(=O)c3ccc([N+](=O)[O-])cc3)C(=O)[C@@H]2C1. The van der Waals surface area contributed by atoms with Crippen molar-refractivity contribution in [3.8, 4) is 0 Å². The van der Waals surface area contributed by atoms with Gasteiger partial charge in [0.05, 0.1) is 16.8 Å². The van der Waals surface area contributed by atoms with Gasteiger partial charge in [0.15, 0.2) is 5.78 Å². The van der Waals surface area contributed by atoms with Crippen LogP contribution in [0.1, 0.15) is 40.5 Å². The van der Waals surface area contributed by atoms with E-state index in [0.29, 0.717) is 17.9 Å². The minimum atomic E-state index is -0.790. The Morgan fingerprint density at radius 1 is 1.03 bits per heavy atom. The molecule has 1 aliphatic heterocycles. The van der Waals surface area contributed by atoms with E-state index in [1.165, 1.54) is 36.4 Å². The van der Waals surface area contributed by atoms with E-state index in [1.807, 2.05) is 13.0 Å². The number of nitro benzene ring substituents is 1. The van der Waals surface area contributed by atoms with Crippen LogP contribution in [0.2, 0.25) is 5.02 Å². The molecule has 0 N–H and O–H groups in total. The van der Waals surface area contributed by atoms with Crippen molar-refractivity contribution in [3.05, 3.63) is 86.4 Å². The molecule has 0 radical (unpaired) electrons. The van der Waals surface area contributed by atoms with Crippen molar-refractivity contribution in [2.75, 3.05) is 6.54 Å². The number of nitrogens with zero attached hydrogens (tertiary/aromatic N) is 3. The fraction of sp³-hybridized carbons (Fsp3) is 0.250. The lowest BCUT2D eigenvalue weighted by atomic mass is 9.82. The molecule has 1 saturated heterocycles. The largest absolute Gasteiger partial charge is 0.292 e. The van der Waals surface area contributed by atoms with Gasteiger partial charge >= 0.3 is 0 Å². The molecule has 0 unspecified atom stereocenters. The highest BCUT2D eigenvalue weighted by atomic mass is 35.5. The number of carbonyl (C=O) groups excluding carboxylic acids is 4. The van der Waals surface area contributed by atoms with E-state index in [-0.39, 0.29) is 16.8 Å². The maximum atomic E-state index is 13.4. The van der Waals surface area contributed by atoms with Gasteiger partial charge in [0.25, 0.3) is 23.4 Å². The monoisotopic (exact) mass is 481 g/mol. The quantitative estimate of drug-likeness (QED) is 0.203. The van der Waals surface area contributed by atoms with Gasteiger partial charge in [-0.2, -0.15) is 5.01 Å². The van der Waals surface area contributed by atoms with Gasteiger partial charge in [-0.15, -0.1) is 0 Å². The molecule has 9 nitrogen and oxygen atoms in total. The molecule has 4 rings (SSSR count). The number of allylic oxidation sites excluding steroid dienone is 2. The van der Waals surface area contributed by atoms with Crippen LogP contribution in [0.15, 0.2) is 60.2 Å². The molecule has 34 heavy (non-hydrogen) atoms. The highest BCUT2D eigenvalue weighted by molar-refractivity contribution is 6.30. The first-order valence-corrected chi connectivity index (χ1v) is 10.9. The van der Waals surface area contributed by atoms with Crippen LogP contribution >= 0.6 is 11.6 Å². The van der Waals surface area contributed by atoms with E-state index in [9.17, 15) is 29.3 Å². The molecule has 0 bridgehead atoms. The molecule has 2 aromatic rings. The average Bonchev–Trinajstić information content (AvgIpc) is 3.06. The molecule has 2 aromatic carbocycles. The maximum Gasteiger partial charge on any atom is 0.273 e. The number of rotatable bonds is 6. The van der Waals surface area contributed by atoms with E-state index in [0.717, 1.165) is 27.7 Å². The van der Waals surface area contributed by atoms with E-state index in [2.05, 4.69) is 0 Å². The number of Topliss-reactive ketones (excluding diaryl/α,β-unsaturated/α-hetero) is 1. The summed E-state index contributed by atoms with van der Waals surface area (Å²) in [5, 5.41) is 13.0. The van der Waals surface area contributed by atoms with E-state index >= 15 is 0 Å². The normalized spacial score (nSPS) is 19.5. The molecule has 0 spiro atoms. The van der Waals surface area contributed by atoms with E-state index in [4.69, 9.17) is 11.6 Å². The molecule has 2 atom stereocenters. The Morgan fingerprint density at radius 2 is 1.62 bits per heavy atom. The highest BCUT2D eigenvalue weighted by Gasteiger charge is 2.51. The maximum absolute atomic E-state index is 13.4. The van der Waals surface area contributed by atoms with Gasteiger partial charge in [0.2, 0.25) is 0 Å². The number of carbonyl (C=O) groups is 4. The fourth-order valence-corrected chi connectivity index (χ4v) is 4.36. The average molecular weight is 482 g/mol. The van der Waals surface area contributed by atoms with Crippen LogP contribution in [0.25, 0.3) is 0 Å². The van der Waals surface area contributed by atoms with Crippen molar-refractivity contribution in [3.63, 3.8) is 0 Å². The molecular formula is C24H20ClN3O6. The zero-order valence-electron chi connectivity index (χ0n) is 18.1. The van der Waals surface area contributed by atoms with Crippen molar-refractivity contribution >= 4 is 40.8 Å². The Morgan fingerprint density at radius 3 is 2.24 bits per heavy atom. The lowest BCUT2D eigenvalue weighted by molar-refractivity contribution is -0.384. The van der Waals surface area contributed by atoms with Crippen molar-refractivity contribution < 1.29 is 24.1 Å². The first kappa shape index (κ1) is 23.3. The third-order valence-corrected chi connectivity index (χ3v) is 6.31. The van der Waals surface area contributed by atoms with Crippen LogP contribution in [-0.4, -0.2) is 45.0 Å². The predicted molar refractivity (Wildman–Crippen MR) is 122 cm³/mol. The molecule has 1 fully saturated rings. The van der Waals surface area contributed by atoms with Gasteiger partial charge in [-0.05, 0) is 56.2 Å². The number of hydrogen-bond acceptors (Lipinski definition) is 6. The van der Waals surface area contributed by atoms with Gasteiger partial charge in [0, 0.05) is 28.3 Å². The number of hydrazine groups is 1. The first-order valence-electron chi connectivity index (χ1n) is 10.6. The van der Waals surface area contributed by atoms with Crippen LogP contribution in [-0.2, 0) is 9.59 Å². The van der Waals surface area contributed by atoms with E-state index in [1.54, 1.807) is 0 Å². The molecular weight excluding hydrogens is 462 g/mol. The van der Waals surface area contributed by atoms with Gasteiger partial charge < -0.3 is 0 Å². The second-order valence-corrected chi connectivity index (χ2v) is 8.72. The van der Waals surface area contributed by atoms with Crippen LogP contribution in [0, 0.1) is 22.0 Å². The lowest BCUT2D eigenvalue weighted by Gasteiger charge is -2.30. The summed E-state index contributed by atoms with van der Waals surface area (Å²) in [6, 6.07) is 10.8. The Hall–Kier alpha value is -3.85. The number of nitro groups is 1.